The molecular formula is C24H29F2N5O4. The maximum atomic E-state index is 16.2. The Kier molecular flexibility index (Phi) is 5.44. The summed E-state index contributed by atoms with van der Waals surface area (Å²) in [6.45, 7) is 5.44. The number of cyclic esters (lactones) is 1. The van der Waals surface area contributed by atoms with Crippen LogP contribution < -0.4 is 15.1 Å². The number of nitrogens with one attached hydrogen (secondary N) is 1. The maximum absolute atomic E-state index is 16.2. The Hall–Kier alpha value is -2.79. The van der Waals surface area contributed by atoms with E-state index in [1.165, 1.54) is 4.90 Å². The normalized spacial score (nSPS) is 32.3. The molecule has 0 radical (unpaired) electrons. The molecule has 1 N–H and O–H groups in total. The summed E-state index contributed by atoms with van der Waals surface area (Å²) in [5, 5.41) is 7.87. The zero-order valence-electron chi connectivity index (χ0n) is 19.8. The summed E-state index contributed by atoms with van der Waals surface area (Å²) in [6.07, 6.45) is 2.47. The fourth-order valence-electron chi connectivity index (χ4n) is 6.44. The molecule has 4 aliphatic rings. The Labute approximate surface area is 201 Å². The van der Waals surface area contributed by atoms with E-state index in [0.717, 1.165) is 5.56 Å². The third kappa shape index (κ3) is 3.42. The summed E-state index contributed by atoms with van der Waals surface area (Å²) in [5.41, 5.74) is 0.924. The van der Waals surface area contributed by atoms with Crippen LogP contribution in [0.1, 0.15) is 32.3 Å². The number of morpholine rings is 1. The third-order valence-electron chi connectivity index (χ3n) is 7.68. The van der Waals surface area contributed by atoms with Crippen molar-refractivity contribution < 1.29 is 27.6 Å². The molecule has 1 amide bonds. The number of halogens is 2. The number of aromatic nitrogens is 1. The highest BCUT2D eigenvalue weighted by molar-refractivity contribution is 6.01. The highest BCUT2D eigenvalue weighted by Crippen LogP contribution is 2.48. The summed E-state index contributed by atoms with van der Waals surface area (Å²) in [6, 6.07) is 1.40. The van der Waals surface area contributed by atoms with E-state index in [9.17, 15) is 9.18 Å². The largest absolute Gasteiger partial charge is 0.447 e. The Morgan fingerprint density at radius 2 is 2.20 bits per heavy atom. The number of hydrogen-bond donors (Lipinski definition) is 1. The number of fused-ring (bicyclic) bond motifs is 5. The molecule has 9 nitrogen and oxygen atoms in total. The Balaban J connectivity index is 1.49. The standard InChI is InChI=1S/C24H29F2N5O4/c1-13-8-30-19-15(7-24(10-27-12-28-11-24)21(30)14(2)34-13)6-17-20(18(19)26)35-29-22(17)31-16(4-3-5-25)9-33-23(31)32/h6,10,13-14,16,21,28H,3-5,7-9,11-12H2,1-2H3/t13-,14+,16+,21-,24?/m1/s1. The van der Waals surface area contributed by atoms with Gasteiger partial charge in [0.2, 0.25) is 5.58 Å². The van der Waals surface area contributed by atoms with E-state index >= 15 is 4.39 Å². The number of alkyl halides is 1. The van der Waals surface area contributed by atoms with Crippen molar-refractivity contribution in [2.24, 2.45) is 10.4 Å². The molecule has 1 unspecified atom stereocenters. The molecule has 35 heavy (non-hydrogen) atoms. The van der Waals surface area contributed by atoms with Gasteiger partial charge in [0.25, 0.3) is 0 Å². The molecule has 0 aliphatic carbocycles. The second-order valence-corrected chi connectivity index (χ2v) is 10.1. The molecule has 5 atom stereocenters. The molecule has 2 fully saturated rings. The van der Waals surface area contributed by atoms with Crippen molar-refractivity contribution in [1.29, 1.82) is 0 Å². The third-order valence-corrected chi connectivity index (χ3v) is 7.68. The van der Waals surface area contributed by atoms with Crippen molar-refractivity contribution >= 4 is 34.8 Å². The van der Waals surface area contributed by atoms with Gasteiger partial charge in [-0.25, -0.2) is 9.18 Å². The van der Waals surface area contributed by atoms with Gasteiger partial charge < -0.3 is 18.9 Å². The molecule has 0 bridgehead atoms. The first-order valence-electron chi connectivity index (χ1n) is 12.2. The van der Waals surface area contributed by atoms with Crippen LogP contribution >= 0.6 is 0 Å². The molecule has 1 aromatic carbocycles. The first-order valence-corrected chi connectivity index (χ1v) is 12.2. The number of ether oxygens (including phenoxy) is 2. The summed E-state index contributed by atoms with van der Waals surface area (Å²) >= 11 is 0. The molecule has 11 heteroatoms. The Bertz CT molecular complexity index is 1190. The Morgan fingerprint density at radius 3 is 2.97 bits per heavy atom. The number of amides is 1. The lowest BCUT2D eigenvalue weighted by atomic mass is 9.68. The van der Waals surface area contributed by atoms with E-state index in [1.807, 2.05) is 26.1 Å². The fraction of sp³-hybridized carbons (Fsp3) is 0.625. The van der Waals surface area contributed by atoms with Crippen molar-refractivity contribution in [2.75, 3.05) is 42.8 Å². The fourth-order valence-corrected chi connectivity index (χ4v) is 6.44. The van der Waals surface area contributed by atoms with E-state index in [1.54, 1.807) is 0 Å². The van der Waals surface area contributed by atoms with Crippen LogP contribution in [0.25, 0.3) is 11.0 Å². The van der Waals surface area contributed by atoms with Crippen molar-refractivity contribution in [2.45, 2.75) is 57.4 Å². The monoisotopic (exact) mass is 489 g/mol. The van der Waals surface area contributed by atoms with Gasteiger partial charge in [0, 0.05) is 24.7 Å². The average Bonchev–Trinajstić information content (AvgIpc) is 3.40. The van der Waals surface area contributed by atoms with Gasteiger partial charge in [0.05, 0.1) is 48.7 Å². The van der Waals surface area contributed by atoms with Crippen molar-refractivity contribution in [3.63, 3.8) is 0 Å². The van der Waals surface area contributed by atoms with Gasteiger partial charge in [-0.15, -0.1) is 0 Å². The van der Waals surface area contributed by atoms with Gasteiger partial charge in [0.15, 0.2) is 11.6 Å². The highest BCUT2D eigenvalue weighted by atomic mass is 19.1. The first-order chi connectivity index (χ1) is 16.9. The van der Waals surface area contributed by atoms with Crippen LogP contribution in [-0.2, 0) is 15.9 Å². The van der Waals surface area contributed by atoms with E-state index in [-0.39, 0.29) is 47.7 Å². The highest BCUT2D eigenvalue weighted by Gasteiger charge is 2.53. The quantitative estimate of drug-likeness (QED) is 0.705. The van der Waals surface area contributed by atoms with Gasteiger partial charge >= 0.3 is 6.09 Å². The van der Waals surface area contributed by atoms with Crippen LogP contribution in [0.3, 0.4) is 0 Å². The minimum Gasteiger partial charge on any atom is -0.447 e. The molecule has 1 spiro atoms. The van der Waals surface area contributed by atoms with Crippen LogP contribution in [-0.4, -0.2) is 74.8 Å². The van der Waals surface area contributed by atoms with E-state index in [4.69, 9.17) is 14.0 Å². The van der Waals surface area contributed by atoms with E-state index in [0.29, 0.717) is 50.1 Å². The minimum absolute atomic E-state index is 0.000347. The number of hydrogen-bond acceptors (Lipinski definition) is 8. The van der Waals surface area contributed by atoms with Gasteiger partial charge in [-0.2, -0.15) is 0 Å². The molecule has 0 saturated carbocycles. The molecule has 4 aliphatic heterocycles. The zero-order valence-corrected chi connectivity index (χ0v) is 19.8. The number of carbonyl (C=O) groups excluding carboxylic acids is 1. The topological polar surface area (TPSA) is 92.4 Å². The molecule has 6 rings (SSSR count). The first kappa shape index (κ1) is 22.7. The van der Waals surface area contributed by atoms with E-state index in [2.05, 4.69) is 20.4 Å². The molecule has 2 aromatic rings. The van der Waals surface area contributed by atoms with Crippen molar-refractivity contribution in [3.8, 4) is 0 Å². The molecule has 2 saturated heterocycles. The minimum atomic E-state index is -0.585. The average molecular weight is 490 g/mol. The zero-order chi connectivity index (χ0) is 24.3. The number of nitrogens with zero attached hydrogens (tertiary/aromatic N) is 4. The molecular weight excluding hydrogens is 460 g/mol. The number of aliphatic imine (C=N–C) groups is 1. The number of carbonyl (C=O) groups is 1. The SMILES string of the molecule is C[C@@H]1CN2c3c(cc4c(N5C(=O)OC[C@@H]5CCCF)noc4c3F)CC3(C=NCNC3)[C@H]2[C@H](C)O1. The van der Waals surface area contributed by atoms with E-state index < -0.39 is 18.6 Å². The summed E-state index contributed by atoms with van der Waals surface area (Å²) in [7, 11) is 0. The predicted molar refractivity (Wildman–Crippen MR) is 125 cm³/mol. The van der Waals surface area contributed by atoms with Crippen molar-refractivity contribution in [1.82, 2.24) is 10.5 Å². The van der Waals surface area contributed by atoms with Crippen LogP contribution in [0.15, 0.2) is 15.6 Å². The second kappa shape index (κ2) is 8.41. The van der Waals surface area contributed by atoms with Crippen LogP contribution in [0.4, 0.5) is 25.1 Å². The Morgan fingerprint density at radius 1 is 1.34 bits per heavy atom. The summed E-state index contributed by atoms with van der Waals surface area (Å²) in [5.74, 6) is -0.283. The molecule has 5 heterocycles. The summed E-state index contributed by atoms with van der Waals surface area (Å²) < 4.78 is 45.9. The number of rotatable bonds is 4. The lowest BCUT2D eigenvalue weighted by Crippen LogP contribution is -2.67. The van der Waals surface area contributed by atoms with Crippen LogP contribution in [0.5, 0.6) is 0 Å². The van der Waals surface area contributed by atoms with Gasteiger partial charge in [-0.05, 0) is 44.7 Å². The smallest absolute Gasteiger partial charge is 0.416 e. The predicted octanol–water partition coefficient (Wildman–Crippen LogP) is 3.20. The molecule has 188 valence electrons. The van der Waals surface area contributed by atoms with Crippen LogP contribution in [0.2, 0.25) is 0 Å². The lowest BCUT2D eigenvalue weighted by Gasteiger charge is -2.56. The maximum Gasteiger partial charge on any atom is 0.416 e. The number of anilines is 2. The number of benzene rings is 1. The summed E-state index contributed by atoms with van der Waals surface area (Å²) in [4.78, 5) is 20.6. The second-order valence-electron chi connectivity index (χ2n) is 10.1. The van der Waals surface area contributed by atoms with Gasteiger partial charge in [0.1, 0.15) is 6.61 Å². The van der Waals surface area contributed by atoms with Crippen molar-refractivity contribution in [3.05, 3.63) is 17.4 Å². The van der Waals surface area contributed by atoms with Gasteiger partial charge in [-0.1, -0.05) is 5.16 Å². The van der Waals surface area contributed by atoms with Crippen LogP contribution in [0, 0.1) is 11.2 Å². The lowest BCUT2D eigenvalue weighted by molar-refractivity contribution is -0.0522. The molecule has 1 aromatic heterocycles. The van der Waals surface area contributed by atoms with Gasteiger partial charge in [-0.3, -0.25) is 19.6 Å².